The molecule has 0 unspecified atom stereocenters. The molecule has 3 aliphatic rings. The van der Waals surface area contributed by atoms with Crippen LogP contribution >= 0.6 is 0 Å². The zero-order valence-corrected chi connectivity index (χ0v) is 19.8. The normalized spacial score (nSPS) is 21.9. The average Bonchev–Trinajstić information content (AvgIpc) is 3.50. The Balaban J connectivity index is 1.17. The van der Waals surface area contributed by atoms with Crippen LogP contribution in [0.25, 0.3) is 11.1 Å². The first-order chi connectivity index (χ1) is 16.9. The SMILES string of the molecule is O=C(O)CC1(NC(=O)C[C@H]2CCCC[C@H]2NC(=O)OCC2c3ccccc3-c3ccccc32)CC1. The molecule has 184 valence electrons. The maximum atomic E-state index is 12.8. The van der Waals surface area contributed by atoms with Gasteiger partial charge in [-0.2, -0.15) is 0 Å². The molecule has 7 nitrogen and oxygen atoms in total. The number of carbonyl (C=O) groups excluding carboxylic acids is 2. The lowest BCUT2D eigenvalue weighted by Crippen LogP contribution is -2.46. The Labute approximate surface area is 205 Å². The van der Waals surface area contributed by atoms with Crippen LogP contribution in [0.2, 0.25) is 0 Å². The highest BCUT2D eigenvalue weighted by Gasteiger charge is 2.46. The van der Waals surface area contributed by atoms with Crippen molar-refractivity contribution in [1.82, 2.24) is 10.6 Å². The lowest BCUT2D eigenvalue weighted by molar-refractivity contribution is -0.138. The van der Waals surface area contributed by atoms with E-state index in [1.165, 1.54) is 22.3 Å². The molecule has 35 heavy (non-hydrogen) atoms. The predicted octanol–water partition coefficient (Wildman–Crippen LogP) is 4.60. The first-order valence-electron chi connectivity index (χ1n) is 12.6. The van der Waals surface area contributed by atoms with E-state index in [-0.39, 0.29) is 43.2 Å². The number of amides is 2. The molecule has 0 heterocycles. The number of aliphatic carboxylic acids is 1. The van der Waals surface area contributed by atoms with Gasteiger partial charge >= 0.3 is 12.1 Å². The van der Waals surface area contributed by atoms with Crippen molar-refractivity contribution in [1.29, 1.82) is 0 Å². The van der Waals surface area contributed by atoms with E-state index in [0.717, 1.165) is 25.7 Å². The first kappa shape index (κ1) is 23.4. The predicted molar refractivity (Wildman–Crippen MR) is 131 cm³/mol. The fourth-order valence-electron chi connectivity index (χ4n) is 5.80. The van der Waals surface area contributed by atoms with Crippen molar-refractivity contribution >= 4 is 18.0 Å². The Morgan fingerprint density at radius 3 is 2.20 bits per heavy atom. The summed E-state index contributed by atoms with van der Waals surface area (Å²) in [5.74, 6) is -1.000. The molecule has 3 aliphatic carbocycles. The second-order valence-electron chi connectivity index (χ2n) is 10.2. The van der Waals surface area contributed by atoms with Crippen LogP contribution in [0.3, 0.4) is 0 Å². The standard InChI is InChI=1S/C28H32N2O5/c31-25(30-28(13-14-28)16-26(32)33)15-18-7-1-6-12-24(18)29-27(34)35-17-23-21-10-4-2-8-19(21)20-9-3-5-11-22(20)23/h2-5,8-11,18,23-24H,1,6-7,12-17H2,(H,29,34)(H,30,31)(H,32,33)/t18-,24-/m1/s1. The number of carboxylic acids is 1. The highest BCUT2D eigenvalue weighted by Crippen LogP contribution is 2.44. The summed E-state index contributed by atoms with van der Waals surface area (Å²) in [4.78, 5) is 36.5. The summed E-state index contributed by atoms with van der Waals surface area (Å²) in [5.41, 5.74) is 4.14. The van der Waals surface area contributed by atoms with Crippen LogP contribution in [0.4, 0.5) is 4.79 Å². The molecule has 5 rings (SSSR count). The van der Waals surface area contributed by atoms with Gasteiger partial charge in [-0.3, -0.25) is 9.59 Å². The Morgan fingerprint density at radius 1 is 0.943 bits per heavy atom. The van der Waals surface area contributed by atoms with Crippen LogP contribution in [0.15, 0.2) is 48.5 Å². The Kier molecular flexibility index (Phi) is 6.50. The minimum atomic E-state index is -0.893. The Hall–Kier alpha value is -3.35. The molecular formula is C28H32N2O5. The number of nitrogens with one attached hydrogen (secondary N) is 2. The molecule has 2 saturated carbocycles. The minimum Gasteiger partial charge on any atom is -0.481 e. The molecule has 2 fully saturated rings. The van der Waals surface area contributed by atoms with Crippen molar-refractivity contribution in [3.8, 4) is 11.1 Å². The van der Waals surface area contributed by atoms with Gasteiger partial charge in [-0.25, -0.2) is 4.79 Å². The average molecular weight is 477 g/mol. The summed E-state index contributed by atoms with van der Waals surface area (Å²) in [7, 11) is 0. The molecule has 0 spiro atoms. The van der Waals surface area contributed by atoms with Gasteiger partial charge in [-0.05, 0) is 53.9 Å². The van der Waals surface area contributed by atoms with Crippen LogP contribution in [0, 0.1) is 5.92 Å². The minimum absolute atomic E-state index is 0.00467. The molecule has 2 aromatic carbocycles. The van der Waals surface area contributed by atoms with Crippen LogP contribution in [-0.4, -0.2) is 41.3 Å². The third-order valence-electron chi connectivity index (χ3n) is 7.75. The summed E-state index contributed by atoms with van der Waals surface area (Å²) in [6.45, 7) is 0.259. The molecule has 0 bridgehead atoms. The van der Waals surface area contributed by atoms with Crippen molar-refractivity contribution in [3.63, 3.8) is 0 Å². The van der Waals surface area contributed by atoms with Crippen molar-refractivity contribution in [2.45, 2.75) is 68.9 Å². The molecular weight excluding hydrogens is 444 g/mol. The molecule has 0 radical (unpaired) electrons. The second kappa shape index (κ2) is 9.72. The van der Waals surface area contributed by atoms with E-state index in [4.69, 9.17) is 9.84 Å². The lowest BCUT2D eigenvalue weighted by atomic mass is 9.82. The van der Waals surface area contributed by atoms with Gasteiger partial charge < -0.3 is 20.5 Å². The largest absolute Gasteiger partial charge is 0.481 e. The fraction of sp³-hybridized carbons (Fsp3) is 0.464. The molecule has 7 heteroatoms. The van der Waals surface area contributed by atoms with Gasteiger partial charge in [0.2, 0.25) is 5.91 Å². The molecule has 0 aromatic heterocycles. The fourth-order valence-corrected chi connectivity index (χ4v) is 5.80. The van der Waals surface area contributed by atoms with E-state index in [1.54, 1.807) is 0 Å². The summed E-state index contributed by atoms with van der Waals surface area (Å²) in [5, 5.41) is 15.0. The van der Waals surface area contributed by atoms with Gasteiger partial charge in [0.15, 0.2) is 0 Å². The van der Waals surface area contributed by atoms with Crippen LogP contribution in [0.1, 0.15) is 68.4 Å². The van der Waals surface area contributed by atoms with Crippen LogP contribution < -0.4 is 10.6 Å². The van der Waals surface area contributed by atoms with E-state index in [2.05, 4.69) is 34.9 Å². The number of benzene rings is 2. The smallest absolute Gasteiger partial charge is 0.407 e. The zero-order chi connectivity index (χ0) is 24.4. The third-order valence-corrected chi connectivity index (χ3v) is 7.75. The lowest BCUT2D eigenvalue weighted by Gasteiger charge is -2.32. The van der Waals surface area contributed by atoms with Gasteiger partial charge in [0.05, 0.1) is 12.0 Å². The maximum Gasteiger partial charge on any atom is 0.407 e. The number of carboxylic acid groups (broad SMARTS) is 1. The summed E-state index contributed by atoms with van der Waals surface area (Å²) >= 11 is 0. The van der Waals surface area contributed by atoms with Crippen molar-refractivity contribution in [2.24, 2.45) is 5.92 Å². The van der Waals surface area contributed by atoms with Crippen molar-refractivity contribution < 1.29 is 24.2 Å². The molecule has 0 aliphatic heterocycles. The topological polar surface area (TPSA) is 105 Å². The summed E-state index contributed by atoms with van der Waals surface area (Å²) in [6, 6.07) is 16.3. The molecule has 0 saturated heterocycles. The van der Waals surface area contributed by atoms with E-state index in [9.17, 15) is 14.4 Å². The van der Waals surface area contributed by atoms with Gasteiger partial charge in [0.25, 0.3) is 0 Å². The number of fused-ring (bicyclic) bond motifs is 3. The monoisotopic (exact) mass is 476 g/mol. The van der Waals surface area contributed by atoms with Gasteiger partial charge in [0, 0.05) is 18.4 Å². The molecule has 2 atom stereocenters. The zero-order valence-electron chi connectivity index (χ0n) is 19.8. The highest BCUT2D eigenvalue weighted by atomic mass is 16.5. The number of carbonyl (C=O) groups is 3. The Bertz CT molecular complexity index is 1080. The van der Waals surface area contributed by atoms with Crippen LogP contribution in [0.5, 0.6) is 0 Å². The van der Waals surface area contributed by atoms with Crippen LogP contribution in [-0.2, 0) is 14.3 Å². The van der Waals surface area contributed by atoms with Gasteiger partial charge in [0.1, 0.15) is 6.61 Å². The molecule has 2 aromatic rings. The quantitative estimate of drug-likeness (QED) is 0.517. The first-order valence-corrected chi connectivity index (χ1v) is 12.6. The maximum absolute atomic E-state index is 12.8. The highest BCUT2D eigenvalue weighted by molar-refractivity contribution is 5.80. The van der Waals surface area contributed by atoms with Gasteiger partial charge in [-0.1, -0.05) is 61.4 Å². The van der Waals surface area contributed by atoms with E-state index in [0.29, 0.717) is 12.8 Å². The molecule has 2 amide bonds. The summed E-state index contributed by atoms with van der Waals surface area (Å²) in [6.07, 6.45) is 4.88. The van der Waals surface area contributed by atoms with E-state index in [1.807, 2.05) is 24.3 Å². The number of rotatable bonds is 8. The number of hydrogen-bond acceptors (Lipinski definition) is 4. The number of alkyl carbamates (subject to hydrolysis) is 1. The second-order valence-corrected chi connectivity index (χ2v) is 10.2. The number of ether oxygens (including phenoxy) is 1. The third kappa shape index (κ3) is 5.19. The van der Waals surface area contributed by atoms with E-state index < -0.39 is 17.6 Å². The summed E-state index contributed by atoms with van der Waals surface area (Å²) < 4.78 is 5.71. The Morgan fingerprint density at radius 2 is 1.57 bits per heavy atom. The van der Waals surface area contributed by atoms with Crippen molar-refractivity contribution in [2.75, 3.05) is 6.61 Å². The van der Waals surface area contributed by atoms with Gasteiger partial charge in [-0.15, -0.1) is 0 Å². The molecule has 3 N–H and O–H groups in total. The van der Waals surface area contributed by atoms with E-state index >= 15 is 0 Å². The number of hydrogen-bond donors (Lipinski definition) is 3. The van der Waals surface area contributed by atoms with Crippen molar-refractivity contribution in [3.05, 3.63) is 59.7 Å².